The van der Waals surface area contributed by atoms with E-state index >= 15 is 0 Å². The van der Waals surface area contributed by atoms with Crippen molar-refractivity contribution in [3.05, 3.63) is 96.2 Å². The van der Waals surface area contributed by atoms with E-state index in [0.717, 1.165) is 0 Å². The molecule has 1 unspecified atom stereocenters. The van der Waals surface area contributed by atoms with Crippen molar-refractivity contribution in [1.82, 2.24) is 9.97 Å². The van der Waals surface area contributed by atoms with Gasteiger partial charge in [-0.2, -0.15) is 0 Å². The summed E-state index contributed by atoms with van der Waals surface area (Å²) < 4.78 is 22.3. The van der Waals surface area contributed by atoms with Gasteiger partial charge < -0.3 is 15.6 Å². The van der Waals surface area contributed by atoms with Gasteiger partial charge >= 0.3 is 0 Å². The predicted molar refractivity (Wildman–Crippen MR) is 119 cm³/mol. The van der Waals surface area contributed by atoms with E-state index in [4.69, 9.17) is 5.73 Å². The number of carbonyl (C=O) groups excluding carboxylic acids is 1. The Morgan fingerprint density at radius 1 is 0.968 bits per heavy atom. The predicted octanol–water partition coefficient (Wildman–Crippen LogP) is 3.94. The van der Waals surface area contributed by atoms with Gasteiger partial charge in [0.15, 0.2) is 5.78 Å². The molecule has 0 aliphatic heterocycles. The first kappa shape index (κ1) is 20.4. The summed E-state index contributed by atoms with van der Waals surface area (Å²) in [5.41, 5.74) is 9.21. The maximum atomic E-state index is 12.9. The van der Waals surface area contributed by atoms with E-state index in [0.29, 0.717) is 39.7 Å². The molecule has 1 aromatic heterocycles. The second kappa shape index (κ2) is 8.86. The van der Waals surface area contributed by atoms with E-state index in [-0.39, 0.29) is 10.7 Å². The number of ketones is 1. The zero-order valence-electron chi connectivity index (χ0n) is 16.2. The lowest BCUT2D eigenvalue weighted by Gasteiger charge is -2.11. The summed E-state index contributed by atoms with van der Waals surface area (Å²) in [5.74, 6) is 0.119. The lowest BCUT2D eigenvalue weighted by Crippen LogP contribution is -2.06. The molecule has 0 fully saturated rings. The Balaban J connectivity index is 1.64. The van der Waals surface area contributed by atoms with Gasteiger partial charge in [0.2, 0.25) is 5.95 Å². The van der Waals surface area contributed by atoms with Crippen molar-refractivity contribution in [3.8, 4) is 11.3 Å². The fourth-order valence-electron chi connectivity index (χ4n) is 3.04. The lowest BCUT2D eigenvalue weighted by molar-refractivity contribution is 0.103. The Hall–Kier alpha value is -3.88. The minimum atomic E-state index is -2.33. The molecule has 7 nitrogen and oxygen atoms in total. The third kappa shape index (κ3) is 4.66. The summed E-state index contributed by atoms with van der Waals surface area (Å²) in [7, 11) is 0. The standard InChI is InChI=1S/C23H18N4O3S/c24-20-10-9-16(13-19(20)22(28)15-5-2-1-3-6-15)21-11-12-25-23(27-21)26-17-7-4-8-18(14-17)31(29)30/h1-14H,24H2,(H,29,30)(H,25,26,27)/p-1. The third-order valence-electron chi connectivity index (χ3n) is 4.57. The molecule has 0 bridgehead atoms. The van der Waals surface area contributed by atoms with Crippen LogP contribution in [0.1, 0.15) is 15.9 Å². The minimum absolute atomic E-state index is 0.156. The number of nitrogens with one attached hydrogen (secondary N) is 1. The third-order valence-corrected chi connectivity index (χ3v) is 5.21. The molecule has 4 rings (SSSR count). The molecule has 154 valence electrons. The number of benzene rings is 3. The van der Waals surface area contributed by atoms with E-state index in [1.165, 1.54) is 12.1 Å². The number of rotatable bonds is 6. The molecule has 4 aromatic rings. The first-order valence-corrected chi connectivity index (χ1v) is 10.4. The average molecular weight is 429 g/mol. The summed E-state index contributed by atoms with van der Waals surface area (Å²) in [6.07, 6.45) is 1.58. The highest BCUT2D eigenvalue weighted by Crippen LogP contribution is 2.26. The number of carbonyl (C=O) groups is 1. The monoisotopic (exact) mass is 429 g/mol. The Kier molecular flexibility index (Phi) is 5.83. The van der Waals surface area contributed by atoms with Crippen LogP contribution in [-0.2, 0) is 11.1 Å². The van der Waals surface area contributed by atoms with Crippen molar-refractivity contribution < 1.29 is 13.6 Å². The smallest absolute Gasteiger partial charge is 0.227 e. The molecule has 0 saturated heterocycles. The zero-order chi connectivity index (χ0) is 21.8. The minimum Gasteiger partial charge on any atom is -0.768 e. The molecule has 3 N–H and O–H groups in total. The van der Waals surface area contributed by atoms with E-state index in [2.05, 4.69) is 15.3 Å². The van der Waals surface area contributed by atoms with Crippen LogP contribution in [0, 0.1) is 0 Å². The van der Waals surface area contributed by atoms with Crippen molar-refractivity contribution in [1.29, 1.82) is 0 Å². The van der Waals surface area contributed by atoms with Crippen LogP contribution in [0.15, 0.2) is 90.0 Å². The highest BCUT2D eigenvalue weighted by molar-refractivity contribution is 7.79. The number of anilines is 3. The van der Waals surface area contributed by atoms with E-state index in [1.54, 1.807) is 66.9 Å². The van der Waals surface area contributed by atoms with Crippen LogP contribution in [0.2, 0.25) is 0 Å². The van der Waals surface area contributed by atoms with Gasteiger partial charge in [-0.05, 0) is 47.5 Å². The first-order chi connectivity index (χ1) is 15.0. The van der Waals surface area contributed by atoms with Gasteiger partial charge in [-0.1, -0.05) is 42.5 Å². The van der Waals surface area contributed by atoms with Crippen molar-refractivity contribution in [3.63, 3.8) is 0 Å². The molecule has 8 heteroatoms. The molecule has 0 amide bonds. The van der Waals surface area contributed by atoms with Gasteiger partial charge in [0, 0.05) is 39.2 Å². The Morgan fingerprint density at radius 2 is 1.77 bits per heavy atom. The molecule has 0 aliphatic carbocycles. The van der Waals surface area contributed by atoms with Gasteiger partial charge in [-0.15, -0.1) is 0 Å². The van der Waals surface area contributed by atoms with Crippen LogP contribution < -0.4 is 11.1 Å². The topological polar surface area (TPSA) is 121 Å². The molecule has 0 saturated carbocycles. The molecule has 3 aromatic carbocycles. The number of nitrogens with zero attached hydrogens (tertiary/aromatic N) is 2. The van der Waals surface area contributed by atoms with Crippen LogP contribution in [0.25, 0.3) is 11.3 Å². The average Bonchev–Trinajstić information content (AvgIpc) is 2.80. The fraction of sp³-hybridized carbons (Fsp3) is 0. The molecule has 0 aliphatic rings. The van der Waals surface area contributed by atoms with Crippen LogP contribution in [0.3, 0.4) is 0 Å². The Bertz CT molecular complexity index is 1280. The molecular formula is C23H17N4O3S-. The van der Waals surface area contributed by atoms with Crippen molar-refractivity contribution in [2.45, 2.75) is 4.90 Å². The number of nitrogen functional groups attached to an aromatic ring is 1. The maximum absolute atomic E-state index is 12.9. The van der Waals surface area contributed by atoms with Crippen LogP contribution >= 0.6 is 0 Å². The van der Waals surface area contributed by atoms with Gasteiger partial charge in [-0.3, -0.25) is 9.00 Å². The molecular weight excluding hydrogens is 412 g/mol. The number of aromatic nitrogens is 2. The molecule has 1 heterocycles. The lowest BCUT2D eigenvalue weighted by atomic mass is 9.98. The first-order valence-electron chi connectivity index (χ1n) is 9.30. The largest absolute Gasteiger partial charge is 0.768 e. The SMILES string of the molecule is Nc1ccc(-c2ccnc(Nc3cccc(S(=O)[O-])c3)n2)cc1C(=O)c1ccccc1. The molecule has 0 radical (unpaired) electrons. The summed E-state index contributed by atoms with van der Waals surface area (Å²) >= 11 is -2.33. The van der Waals surface area contributed by atoms with Gasteiger partial charge in [0.25, 0.3) is 0 Å². The second-order valence-corrected chi connectivity index (χ2v) is 7.59. The molecule has 1 atom stereocenters. The Labute approximate surface area is 181 Å². The van der Waals surface area contributed by atoms with Crippen LogP contribution in [0.5, 0.6) is 0 Å². The number of hydrogen-bond acceptors (Lipinski definition) is 7. The van der Waals surface area contributed by atoms with Crippen molar-refractivity contribution in [2.75, 3.05) is 11.1 Å². The fourth-order valence-corrected chi connectivity index (χ4v) is 3.46. The van der Waals surface area contributed by atoms with Gasteiger partial charge in [0.1, 0.15) is 0 Å². The normalized spacial score (nSPS) is 11.6. The highest BCUT2D eigenvalue weighted by atomic mass is 32.2. The second-order valence-electron chi connectivity index (χ2n) is 6.65. The Morgan fingerprint density at radius 3 is 2.55 bits per heavy atom. The summed E-state index contributed by atoms with van der Waals surface area (Å²) in [4.78, 5) is 21.7. The van der Waals surface area contributed by atoms with Crippen LogP contribution in [-0.4, -0.2) is 24.5 Å². The molecule has 31 heavy (non-hydrogen) atoms. The maximum Gasteiger partial charge on any atom is 0.227 e. The van der Waals surface area contributed by atoms with E-state index < -0.39 is 11.1 Å². The van der Waals surface area contributed by atoms with E-state index in [9.17, 15) is 13.6 Å². The quantitative estimate of drug-likeness (QED) is 0.270. The summed E-state index contributed by atoms with van der Waals surface area (Å²) in [6.45, 7) is 0. The zero-order valence-corrected chi connectivity index (χ0v) is 17.0. The van der Waals surface area contributed by atoms with Crippen molar-refractivity contribution >= 4 is 34.2 Å². The van der Waals surface area contributed by atoms with Crippen LogP contribution in [0.4, 0.5) is 17.3 Å². The summed E-state index contributed by atoms with van der Waals surface area (Å²) in [5, 5.41) is 3.00. The van der Waals surface area contributed by atoms with Gasteiger partial charge in [-0.25, -0.2) is 9.97 Å². The van der Waals surface area contributed by atoms with Gasteiger partial charge in [0.05, 0.1) is 5.69 Å². The number of nitrogens with two attached hydrogens (primary N) is 1. The number of hydrogen-bond donors (Lipinski definition) is 2. The molecule has 0 spiro atoms. The summed E-state index contributed by atoms with van der Waals surface area (Å²) in [6, 6.07) is 22.1. The van der Waals surface area contributed by atoms with E-state index in [1.807, 2.05) is 6.07 Å². The van der Waals surface area contributed by atoms with Crippen molar-refractivity contribution in [2.24, 2.45) is 0 Å². The highest BCUT2D eigenvalue weighted by Gasteiger charge is 2.14.